The Labute approximate surface area is 92.9 Å². The van der Waals surface area contributed by atoms with Crippen LogP contribution in [0.25, 0.3) is 0 Å². The van der Waals surface area contributed by atoms with Crippen LogP contribution in [0, 0.1) is 17.3 Å². The molecule has 1 nitrogen and oxygen atoms in total. The SMILES string of the molecule is CC1=CCCC(=O)[C@H]2CC(C)(C)[C@@H]2CC1. The molecule has 0 aliphatic heterocycles. The van der Waals surface area contributed by atoms with Gasteiger partial charge in [0.2, 0.25) is 0 Å². The van der Waals surface area contributed by atoms with Crippen molar-refractivity contribution in [3.8, 4) is 0 Å². The van der Waals surface area contributed by atoms with Crippen LogP contribution in [0.3, 0.4) is 0 Å². The Hall–Kier alpha value is -0.590. The summed E-state index contributed by atoms with van der Waals surface area (Å²) >= 11 is 0. The third-order valence-corrected chi connectivity index (χ3v) is 4.38. The summed E-state index contributed by atoms with van der Waals surface area (Å²) in [7, 11) is 0. The molecule has 2 aliphatic carbocycles. The lowest BCUT2D eigenvalue weighted by atomic mass is 9.53. The number of Topliss-reactive ketones (excluding diaryl/α,β-unsaturated/α-hetero) is 1. The first-order chi connectivity index (χ1) is 7.00. The standard InChI is InChI=1S/C14H22O/c1-10-5-4-6-13(15)11-9-14(2,3)12(11)8-7-10/h5,11-12H,4,6-9H2,1-3H3/t11-,12+/m0/s1. The monoisotopic (exact) mass is 206 g/mol. The average Bonchev–Trinajstić information content (AvgIpc) is 2.18. The van der Waals surface area contributed by atoms with Crippen molar-refractivity contribution in [3.05, 3.63) is 11.6 Å². The second-order valence-electron chi connectivity index (χ2n) is 6.00. The summed E-state index contributed by atoms with van der Waals surface area (Å²) in [4.78, 5) is 11.9. The Morgan fingerprint density at radius 2 is 2.07 bits per heavy atom. The van der Waals surface area contributed by atoms with E-state index in [0.717, 1.165) is 19.3 Å². The molecule has 2 rings (SSSR count). The van der Waals surface area contributed by atoms with Crippen LogP contribution in [0.1, 0.15) is 52.9 Å². The van der Waals surface area contributed by atoms with Gasteiger partial charge in [0.1, 0.15) is 5.78 Å². The van der Waals surface area contributed by atoms with Crippen LogP contribution in [-0.2, 0) is 4.79 Å². The molecule has 84 valence electrons. The predicted octanol–water partition coefficient (Wildman–Crippen LogP) is 3.74. The van der Waals surface area contributed by atoms with Crippen LogP contribution < -0.4 is 0 Å². The highest BCUT2D eigenvalue weighted by molar-refractivity contribution is 5.82. The Morgan fingerprint density at radius 3 is 2.73 bits per heavy atom. The zero-order chi connectivity index (χ0) is 11.1. The summed E-state index contributed by atoms with van der Waals surface area (Å²) in [5.41, 5.74) is 1.89. The summed E-state index contributed by atoms with van der Waals surface area (Å²) < 4.78 is 0. The van der Waals surface area contributed by atoms with Crippen molar-refractivity contribution < 1.29 is 4.79 Å². The van der Waals surface area contributed by atoms with E-state index in [1.807, 2.05) is 0 Å². The van der Waals surface area contributed by atoms with Crippen LogP contribution >= 0.6 is 0 Å². The van der Waals surface area contributed by atoms with Gasteiger partial charge in [-0.25, -0.2) is 0 Å². The van der Waals surface area contributed by atoms with E-state index in [9.17, 15) is 4.79 Å². The van der Waals surface area contributed by atoms with Crippen molar-refractivity contribution in [1.29, 1.82) is 0 Å². The van der Waals surface area contributed by atoms with Crippen LogP contribution in [0.4, 0.5) is 0 Å². The summed E-state index contributed by atoms with van der Waals surface area (Å²) in [5.74, 6) is 1.55. The van der Waals surface area contributed by atoms with Crippen molar-refractivity contribution >= 4 is 5.78 Å². The number of rotatable bonds is 0. The highest BCUT2D eigenvalue weighted by Crippen LogP contribution is 2.54. The highest BCUT2D eigenvalue weighted by atomic mass is 16.1. The van der Waals surface area contributed by atoms with E-state index in [1.165, 1.54) is 18.4 Å². The third kappa shape index (κ3) is 2.02. The van der Waals surface area contributed by atoms with Crippen molar-refractivity contribution in [1.82, 2.24) is 0 Å². The fourth-order valence-corrected chi connectivity index (χ4v) is 3.31. The smallest absolute Gasteiger partial charge is 0.136 e. The van der Waals surface area contributed by atoms with E-state index >= 15 is 0 Å². The lowest BCUT2D eigenvalue weighted by Gasteiger charge is -2.51. The highest BCUT2D eigenvalue weighted by Gasteiger charge is 2.49. The molecule has 0 N–H and O–H groups in total. The molecular formula is C14H22O. The molecule has 0 radical (unpaired) electrons. The lowest BCUT2D eigenvalue weighted by molar-refractivity contribution is -0.136. The Balaban J connectivity index is 2.12. The second kappa shape index (κ2) is 3.77. The fraction of sp³-hybridized carbons (Fsp3) is 0.786. The molecule has 1 heteroatoms. The minimum absolute atomic E-state index is 0.388. The van der Waals surface area contributed by atoms with Crippen molar-refractivity contribution in [2.45, 2.75) is 52.9 Å². The Bertz CT molecular complexity index is 298. The summed E-state index contributed by atoms with van der Waals surface area (Å²) in [6.07, 6.45) is 7.53. The average molecular weight is 206 g/mol. The molecule has 0 aromatic rings. The minimum Gasteiger partial charge on any atom is -0.299 e. The van der Waals surface area contributed by atoms with Gasteiger partial charge in [-0.15, -0.1) is 0 Å². The lowest BCUT2D eigenvalue weighted by Crippen LogP contribution is -2.47. The molecule has 0 amide bonds. The number of carbonyl (C=O) groups is 1. The zero-order valence-corrected chi connectivity index (χ0v) is 10.2. The molecule has 0 aromatic carbocycles. The number of ketones is 1. The van der Waals surface area contributed by atoms with E-state index < -0.39 is 0 Å². The van der Waals surface area contributed by atoms with Gasteiger partial charge in [-0.1, -0.05) is 25.5 Å². The molecule has 0 unspecified atom stereocenters. The van der Waals surface area contributed by atoms with Gasteiger partial charge in [0.25, 0.3) is 0 Å². The van der Waals surface area contributed by atoms with Crippen LogP contribution in [-0.4, -0.2) is 5.78 Å². The van der Waals surface area contributed by atoms with Gasteiger partial charge < -0.3 is 0 Å². The third-order valence-electron chi connectivity index (χ3n) is 4.38. The molecule has 0 spiro atoms. The maximum atomic E-state index is 11.9. The van der Waals surface area contributed by atoms with Crippen LogP contribution in [0.2, 0.25) is 0 Å². The van der Waals surface area contributed by atoms with Crippen LogP contribution in [0.5, 0.6) is 0 Å². The first-order valence-electron chi connectivity index (χ1n) is 6.19. The fourth-order valence-electron chi connectivity index (χ4n) is 3.31. The summed E-state index contributed by atoms with van der Waals surface area (Å²) in [6.45, 7) is 6.84. The van der Waals surface area contributed by atoms with E-state index in [1.54, 1.807) is 0 Å². The van der Waals surface area contributed by atoms with Gasteiger partial charge in [0.15, 0.2) is 0 Å². The van der Waals surface area contributed by atoms with E-state index in [4.69, 9.17) is 0 Å². The number of allylic oxidation sites excluding steroid dienone is 2. The number of hydrogen-bond acceptors (Lipinski definition) is 1. The normalized spacial score (nSPS) is 35.4. The minimum atomic E-state index is 0.388. The van der Waals surface area contributed by atoms with Gasteiger partial charge in [0, 0.05) is 12.3 Å². The second-order valence-corrected chi connectivity index (χ2v) is 6.00. The van der Waals surface area contributed by atoms with Gasteiger partial charge >= 0.3 is 0 Å². The number of hydrogen-bond donors (Lipinski definition) is 0. The molecule has 2 aliphatic rings. The molecule has 1 fully saturated rings. The molecular weight excluding hydrogens is 184 g/mol. The molecule has 0 heterocycles. The van der Waals surface area contributed by atoms with Crippen molar-refractivity contribution in [2.24, 2.45) is 17.3 Å². The molecule has 0 aromatic heterocycles. The van der Waals surface area contributed by atoms with E-state index in [0.29, 0.717) is 23.0 Å². The largest absolute Gasteiger partial charge is 0.299 e. The maximum Gasteiger partial charge on any atom is 0.136 e. The summed E-state index contributed by atoms with van der Waals surface area (Å²) in [5, 5.41) is 0. The van der Waals surface area contributed by atoms with Gasteiger partial charge in [-0.3, -0.25) is 4.79 Å². The van der Waals surface area contributed by atoms with Gasteiger partial charge in [0.05, 0.1) is 0 Å². The number of fused-ring (bicyclic) bond motifs is 1. The van der Waals surface area contributed by atoms with Crippen molar-refractivity contribution in [3.63, 3.8) is 0 Å². The predicted molar refractivity (Wildman–Crippen MR) is 62.6 cm³/mol. The van der Waals surface area contributed by atoms with Crippen molar-refractivity contribution in [2.75, 3.05) is 0 Å². The van der Waals surface area contributed by atoms with E-state index in [-0.39, 0.29) is 0 Å². The topological polar surface area (TPSA) is 17.1 Å². The first-order valence-corrected chi connectivity index (χ1v) is 6.19. The Kier molecular flexibility index (Phi) is 2.74. The molecule has 2 atom stereocenters. The van der Waals surface area contributed by atoms with E-state index in [2.05, 4.69) is 26.8 Å². The molecule has 1 saturated carbocycles. The first kappa shape index (κ1) is 10.9. The maximum absolute atomic E-state index is 11.9. The quantitative estimate of drug-likeness (QED) is 0.552. The summed E-state index contributed by atoms with van der Waals surface area (Å²) in [6, 6.07) is 0. The number of carbonyl (C=O) groups excluding carboxylic acids is 1. The van der Waals surface area contributed by atoms with Gasteiger partial charge in [-0.05, 0) is 43.9 Å². The van der Waals surface area contributed by atoms with Gasteiger partial charge in [-0.2, -0.15) is 0 Å². The molecule has 0 saturated heterocycles. The molecule has 15 heavy (non-hydrogen) atoms. The van der Waals surface area contributed by atoms with Crippen LogP contribution in [0.15, 0.2) is 11.6 Å². The zero-order valence-electron chi connectivity index (χ0n) is 10.2. The molecule has 0 bridgehead atoms. The Morgan fingerprint density at radius 1 is 1.33 bits per heavy atom.